The van der Waals surface area contributed by atoms with E-state index < -0.39 is 85.4 Å². The number of H-pyrrole nitrogens is 1. The van der Waals surface area contributed by atoms with E-state index in [0.717, 1.165) is 10.9 Å². The van der Waals surface area contributed by atoms with E-state index in [1.54, 1.807) is 42.6 Å². The molecular weight excluding hydrogens is 612 g/mol. The number of nitrogens with two attached hydrogens (primary N) is 2. The minimum atomic E-state index is -1.61. The second-order valence-corrected chi connectivity index (χ2v) is 10.8. The topological polar surface area (TPSA) is 271 Å². The summed E-state index contributed by atoms with van der Waals surface area (Å²) < 4.78 is 0. The molecule has 0 bridgehead atoms. The molecule has 0 saturated heterocycles. The Morgan fingerprint density at radius 3 is 1.79 bits per heavy atom. The van der Waals surface area contributed by atoms with Crippen LogP contribution in [0.2, 0.25) is 0 Å². The highest BCUT2D eigenvalue weighted by molar-refractivity contribution is 5.96. The Morgan fingerprint density at radius 2 is 1.21 bits per heavy atom. The summed E-state index contributed by atoms with van der Waals surface area (Å²) in [5, 5.41) is 32.6. The van der Waals surface area contributed by atoms with E-state index >= 15 is 0 Å². The van der Waals surface area contributed by atoms with Crippen molar-refractivity contribution in [3.8, 4) is 0 Å². The van der Waals surface area contributed by atoms with Gasteiger partial charge in [-0.15, -0.1) is 0 Å². The molecule has 16 nitrogen and oxygen atoms in total. The van der Waals surface area contributed by atoms with Crippen LogP contribution in [0.25, 0.3) is 10.9 Å². The third-order valence-electron chi connectivity index (χ3n) is 7.13. The molecule has 5 atom stereocenters. The molecule has 1 aromatic heterocycles. The number of nitrogens with one attached hydrogen (secondary N) is 6. The highest BCUT2D eigenvalue weighted by Gasteiger charge is 2.31. The standard InChI is InChI=1S/C31H40N8O8/c1-17(32)27(43)36-22(11-18-7-3-2-4-8-18)29(45)38-25(16-41)31(47)39-24(15-40)30(46)37-23(28(44)35-14-26(33)42)12-19-13-34-21-10-6-5-9-20(19)21/h2-10,13,17,22-25,34,40-41H,11-12,14-16,32H2,1H3,(H2,33,42)(H,35,44)(H,36,43)(H,37,46)(H,38,45)(H,39,47)/t17-,22-,23-,24-,25-/m0/s1. The quantitative estimate of drug-likeness (QED) is 0.0703. The van der Waals surface area contributed by atoms with E-state index in [9.17, 15) is 39.0 Å². The molecule has 1 heterocycles. The lowest BCUT2D eigenvalue weighted by Crippen LogP contribution is -2.60. The Balaban J connectivity index is 1.72. The van der Waals surface area contributed by atoms with Crippen LogP contribution in [0, 0.1) is 0 Å². The van der Waals surface area contributed by atoms with Crippen molar-refractivity contribution in [1.29, 1.82) is 0 Å². The van der Waals surface area contributed by atoms with Crippen LogP contribution in [0.4, 0.5) is 0 Å². The van der Waals surface area contributed by atoms with Crippen molar-refractivity contribution >= 4 is 46.3 Å². The molecule has 0 radical (unpaired) electrons. The molecule has 0 unspecified atom stereocenters. The van der Waals surface area contributed by atoms with E-state index in [1.165, 1.54) is 6.92 Å². The molecule has 0 aliphatic carbocycles. The fourth-order valence-corrected chi connectivity index (χ4v) is 4.59. The average molecular weight is 653 g/mol. The Labute approximate surface area is 270 Å². The van der Waals surface area contributed by atoms with Crippen molar-refractivity contribution in [3.05, 3.63) is 71.9 Å². The zero-order valence-corrected chi connectivity index (χ0v) is 25.7. The van der Waals surface area contributed by atoms with Gasteiger partial charge in [0, 0.05) is 29.9 Å². The zero-order chi connectivity index (χ0) is 34.5. The first-order chi connectivity index (χ1) is 22.4. The number of aliphatic hydroxyl groups is 2. The van der Waals surface area contributed by atoms with Crippen molar-refractivity contribution in [2.75, 3.05) is 19.8 Å². The number of primary amides is 1. The van der Waals surface area contributed by atoms with E-state index in [0.29, 0.717) is 11.1 Å². The third kappa shape index (κ3) is 10.6. The lowest BCUT2D eigenvalue weighted by molar-refractivity contribution is -0.136. The summed E-state index contributed by atoms with van der Waals surface area (Å²) >= 11 is 0. The Hall–Kier alpha value is -5.32. The highest BCUT2D eigenvalue weighted by atomic mass is 16.3. The van der Waals surface area contributed by atoms with Gasteiger partial charge in [0.15, 0.2) is 0 Å². The molecule has 47 heavy (non-hydrogen) atoms. The minimum Gasteiger partial charge on any atom is -0.394 e. The van der Waals surface area contributed by atoms with E-state index in [2.05, 4.69) is 31.6 Å². The second kappa shape index (κ2) is 17.4. The van der Waals surface area contributed by atoms with Crippen molar-refractivity contribution in [3.63, 3.8) is 0 Å². The first kappa shape index (κ1) is 36.2. The molecule has 0 aliphatic rings. The van der Waals surface area contributed by atoms with Crippen LogP contribution in [-0.2, 0) is 41.6 Å². The molecule has 0 saturated carbocycles. The third-order valence-corrected chi connectivity index (χ3v) is 7.13. The monoisotopic (exact) mass is 652 g/mol. The number of hydrogen-bond donors (Lipinski definition) is 10. The van der Waals surface area contributed by atoms with Gasteiger partial charge >= 0.3 is 0 Å². The van der Waals surface area contributed by atoms with Crippen LogP contribution < -0.4 is 38.1 Å². The summed E-state index contributed by atoms with van der Waals surface area (Å²) in [5.74, 6) is -4.98. The number of aliphatic hydroxyl groups excluding tert-OH is 2. The molecule has 0 aliphatic heterocycles. The van der Waals surface area contributed by atoms with E-state index in [1.807, 2.05) is 18.2 Å². The maximum Gasteiger partial charge on any atom is 0.245 e. The van der Waals surface area contributed by atoms with Gasteiger partial charge in [0.1, 0.15) is 24.2 Å². The SMILES string of the molecule is C[C@H](N)C(=O)N[C@@H](Cc1ccccc1)C(=O)N[C@@H](CO)C(=O)N[C@@H](CO)C(=O)N[C@@H](Cc1c[nH]c2ccccc12)C(=O)NCC(N)=O. The minimum absolute atomic E-state index is 0.0301. The van der Waals surface area contributed by atoms with E-state index in [4.69, 9.17) is 11.5 Å². The summed E-state index contributed by atoms with van der Waals surface area (Å²) in [7, 11) is 0. The number of para-hydroxylation sites is 1. The van der Waals surface area contributed by atoms with Gasteiger partial charge in [0.25, 0.3) is 0 Å². The molecule has 16 heteroatoms. The first-order valence-electron chi connectivity index (χ1n) is 14.8. The molecule has 3 aromatic rings. The molecular formula is C31H40N8O8. The molecule has 3 rings (SSSR count). The number of hydrogen-bond acceptors (Lipinski definition) is 9. The van der Waals surface area contributed by atoms with Crippen molar-refractivity contribution < 1.29 is 39.0 Å². The van der Waals surface area contributed by atoms with Crippen LogP contribution in [0.15, 0.2) is 60.8 Å². The molecule has 12 N–H and O–H groups in total. The predicted molar refractivity (Wildman–Crippen MR) is 170 cm³/mol. The van der Waals surface area contributed by atoms with Crippen LogP contribution in [0.5, 0.6) is 0 Å². The van der Waals surface area contributed by atoms with Crippen molar-refractivity contribution in [1.82, 2.24) is 31.6 Å². The molecule has 252 valence electrons. The molecule has 0 fully saturated rings. The second-order valence-electron chi connectivity index (χ2n) is 10.8. The van der Waals surface area contributed by atoms with E-state index in [-0.39, 0.29) is 12.8 Å². The maximum absolute atomic E-state index is 13.2. The Kier molecular flexibility index (Phi) is 13.4. The fraction of sp³-hybridized carbons (Fsp3) is 0.355. The number of aromatic amines is 1. The number of amides is 6. The van der Waals surface area contributed by atoms with Crippen molar-refractivity contribution in [2.45, 2.75) is 50.0 Å². The number of rotatable bonds is 17. The number of fused-ring (bicyclic) bond motifs is 1. The Morgan fingerprint density at radius 1 is 0.702 bits per heavy atom. The number of aromatic nitrogens is 1. The largest absolute Gasteiger partial charge is 0.394 e. The van der Waals surface area contributed by atoms with Gasteiger partial charge in [-0.05, 0) is 24.1 Å². The number of benzene rings is 2. The molecule has 6 amide bonds. The van der Waals surface area contributed by atoms with Gasteiger partial charge in [-0.25, -0.2) is 0 Å². The normalized spacial score (nSPS) is 14.1. The lowest BCUT2D eigenvalue weighted by atomic mass is 10.0. The molecule has 0 spiro atoms. The van der Waals surface area contributed by atoms with Crippen molar-refractivity contribution in [2.24, 2.45) is 11.5 Å². The molecule has 2 aromatic carbocycles. The van der Waals surface area contributed by atoms with Crippen LogP contribution in [0.3, 0.4) is 0 Å². The summed E-state index contributed by atoms with van der Waals surface area (Å²) in [6.45, 7) is -0.862. The predicted octanol–water partition coefficient (Wildman–Crippen LogP) is -3.17. The lowest BCUT2D eigenvalue weighted by Gasteiger charge is -2.25. The smallest absolute Gasteiger partial charge is 0.245 e. The highest BCUT2D eigenvalue weighted by Crippen LogP contribution is 2.19. The summed E-state index contributed by atoms with van der Waals surface area (Å²) in [5.41, 5.74) is 12.9. The van der Waals surface area contributed by atoms with Gasteiger partial charge in [0.2, 0.25) is 35.4 Å². The van der Waals surface area contributed by atoms with Gasteiger partial charge in [-0.3, -0.25) is 28.8 Å². The number of carbonyl (C=O) groups is 6. The maximum atomic E-state index is 13.2. The summed E-state index contributed by atoms with van der Waals surface area (Å²) in [4.78, 5) is 79.0. The van der Waals surface area contributed by atoms with Crippen LogP contribution >= 0.6 is 0 Å². The fourth-order valence-electron chi connectivity index (χ4n) is 4.59. The van der Waals surface area contributed by atoms with Gasteiger partial charge in [-0.2, -0.15) is 0 Å². The van der Waals surface area contributed by atoms with Gasteiger partial charge in [-0.1, -0.05) is 48.5 Å². The summed E-state index contributed by atoms with van der Waals surface area (Å²) in [6.07, 6.45) is 1.67. The summed E-state index contributed by atoms with van der Waals surface area (Å²) in [6, 6.07) is 9.43. The van der Waals surface area contributed by atoms with Crippen LogP contribution in [0.1, 0.15) is 18.1 Å². The first-order valence-corrected chi connectivity index (χ1v) is 14.8. The van der Waals surface area contributed by atoms with Gasteiger partial charge in [0.05, 0.1) is 25.8 Å². The zero-order valence-electron chi connectivity index (χ0n) is 25.7. The van der Waals surface area contributed by atoms with Gasteiger partial charge < -0.3 is 53.2 Å². The number of carbonyl (C=O) groups excluding carboxylic acids is 6. The Bertz CT molecular complexity index is 1560. The average Bonchev–Trinajstić information content (AvgIpc) is 3.46. The van der Waals surface area contributed by atoms with Crippen LogP contribution in [-0.4, -0.2) is 101 Å².